The van der Waals surface area contributed by atoms with E-state index < -0.39 is 11.7 Å². The molecule has 0 atom stereocenters. The summed E-state index contributed by atoms with van der Waals surface area (Å²) in [6.45, 7) is 3.92. The van der Waals surface area contributed by atoms with Crippen LogP contribution in [0.15, 0.2) is 36.4 Å². The van der Waals surface area contributed by atoms with E-state index in [4.69, 9.17) is 4.74 Å². The standard InChI is InChI=1S/C18H17F3O/c1-12-11-17(22-3)13(2)10-15(12)7-4-14-5-8-16(9-6-14)18(19,20)21/h4-11H,1-3H3. The normalized spacial score (nSPS) is 11.9. The van der Waals surface area contributed by atoms with Crippen LogP contribution in [0.5, 0.6) is 5.75 Å². The molecule has 116 valence electrons. The minimum Gasteiger partial charge on any atom is -0.496 e. The Morgan fingerprint density at radius 2 is 1.55 bits per heavy atom. The van der Waals surface area contributed by atoms with Gasteiger partial charge in [0, 0.05) is 0 Å². The number of aryl methyl sites for hydroxylation is 2. The number of benzene rings is 2. The van der Waals surface area contributed by atoms with Crippen molar-refractivity contribution < 1.29 is 17.9 Å². The van der Waals surface area contributed by atoms with Crippen LogP contribution < -0.4 is 4.74 Å². The van der Waals surface area contributed by atoms with E-state index in [0.29, 0.717) is 0 Å². The van der Waals surface area contributed by atoms with E-state index in [-0.39, 0.29) is 0 Å². The molecule has 2 aromatic carbocycles. The summed E-state index contributed by atoms with van der Waals surface area (Å²) in [5.41, 5.74) is 3.16. The van der Waals surface area contributed by atoms with Crippen LogP contribution in [0, 0.1) is 13.8 Å². The molecule has 4 heteroatoms. The zero-order valence-electron chi connectivity index (χ0n) is 12.7. The van der Waals surface area contributed by atoms with Crippen LogP contribution in [0.4, 0.5) is 13.2 Å². The van der Waals surface area contributed by atoms with Crippen molar-refractivity contribution in [2.45, 2.75) is 20.0 Å². The molecule has 0 bridgehead atoms. The molecule has 0 N–H and O–H groups in total. The summed E-state index contributed by atoms with van der Waals surface area (Å²) in [5, 5.41) is 0. The average Bonchev–Trinajstić information content (AvgIpc) is 2.47. The van der Waals surface area contributed by atoms with Crippen molar-refractivity contribution in [3.05, 3.63) is 64.2 Å². The first-order valence-electron chi connectivity index (χ1n) is 6.82. The van der Waals surface area contributed by atoms with Gasteiger partial charge in [-0.3, -0.25) is 0 Å². The van der Waals surface area contributed by atoms with E-state index in [1.165, 1.54) is 12.1 Å². The summed E-state index contributed by atoms with van der Waals surface area (Å²) in [6, 6.07) is 9.05. The van der Waals surface area contributed by atoms with E-state index in [9.17, 15) is 13.2 Å². The second kappa shape index (κ2) is 6.26. The highest BCUT2D eigenvalue weighted by Gasteiger charge is 2.29. The van der Waals surface area contributed by atoms with Gasteiger partial charge in [0.25, 0.3) is 0 Å². The molecule has 2 aromatic rings. The van der Waals surface area contributed by atoms with Gasteiger partial charge in [-0.25, -0.2) is 0 Å². The maximum atomic E-state index is 12.5. The fourth-order valence-electron chi connectivity index (χ4n) is 2.18. The summed E-state index contributed by atoms with van der Waals surface area (Å²) in [4.78, 5) is 0. The third kappa shape index (κ3) is 3.70. The number of hydrogen-bond donors (Lipinski definition) is 0. The number of alkyl halides is 3. The summed E-state index contributed by atoms with van der Waals surface area (Å²) in [7, 11) is 1.62. The van der Waals surface area contributed by atoms with Crippen molar-refractivity contribution in [2.24, 2.45) is 0 Å². The van der Waals surface area contributed by atoms with E-state index in [1.54, 1.807) is 13.2 Å². The van der Waals surface area contributed by atoms with Crippen LogP contribution in [0.2, 0.25) is 0 Å². The van der Waals surface area contributed by atoms with Crippen LogP contribution in [-0.4, -0.2) is 7.11 Å². The number of ether oxygens (including phenoxy) is 1. The highest BCUT2D eigenvalue weighted by Crippen LogP contribution is 2.29. The molecule has 0 unspecified atom stereocenters. The molecule has 0 fully saturated rings. The Labute approximate surface area is 128 Å². The third-order valence-electron chi connectivity index (χ3n) is 3.48. The maximum Gasteiger partial charge on any atom is 0.416 e. The summed E-state index contributed by atoms with van der Waals surface area (Å²) < 4.78 is 42.8. The molecule has 0 aliphatic heterocycles. The van der Waals surface area contributed by atoms with Gasteiger partial charge >= 0.3 is 6.18 Å². The van der Waals surface area contributed by atoms with Gasteiger partial charge in [-0.05, 0) is 60.4 Å². The maximum absolute atomic E-state index is 12.5. The van der Waals surface area contributed by atoms with Crippen molar-refractivity contribution >= 4 is 12.2 Å². The first-order chi connectivity index (χ1) is 10.3. The molecule has 0 heterocycles. The summed E-state index contributed by atoms with van der Waals surface area (Å²) in [5.74, 6) is 0.823. The van der Waals surface area contributed by atoms with Crippen molar-refractivity contribution in [1.29, 1.82) is 0 Å². The van der Waals surface area contributed by atoms with Gasteiger partial charge in [0.1, 0.15) is 5.75 Å². The van der Waals surface area contributed by atoms with E-state index in [0.717, 1.165) is 40.1 Å². The highest BCUT2D eigenvalue weighted by atomic mass is 19.4. The molecule has 0 radical (unpaired) electrons. The minimum absolute atomic E-state index is 0.638. The Morgan fingerprint density at radius 1 is 0.909 bits per heavy atom. The predicted molar refractivity (Wildman–Crippen MR) is 82.8 cm³/mol. The Bertz CT molecular complexity index is 683. The molecule has 0 saturated heterocycles. The van der Waals surface area contributed by atoms with Gasteiger partial charge in [0.15, 0.2) is 0 Å². The van der Waals surface area contributed by atoms with Crippen LogP contribution >= 0.6 is 0 Å². The molecule has 0 aromatic heterocycles. The smallest absolute Gasteiger partial charge is 0.416 e. The zero-order valence-corrected chi connectivity index (χ0v) is 12.7. The molecule has 0 spiro atoms. The molecule has 22 heavy (non-hydrogen) atoms. The SMILES string of the molecule is COc1cc(C)c(C=Cc2ccc(C(F)(F)F)cc2)cc1C. The zero-order chi connectivity index (χ0) is 16.3. The lowest BCUT2D eigenvalue weighted by molar-refractivity contribution is -0.137. The first kappa shape index (κ1) is 16.1. The third-order valence-corrected chi connectivity index (χ3v) is 3.48. The topological polar surface area (TPSA) is 9.23 Å². The number of halogens is 3. The first-order valence-corrected chi connectivity index (χ1v) is 6.82. The molecule has 0 saturated carbocycles. The van der Waals surface area contributed by atoms with Crippen LogP contribution in [0.25, 0.3) is 12.2 Å². The number of methoxy groups -OCH3 is 1. The Hall–Kier alpha value is -2.23. The molecule has 0 aliphatic carbocycles. The van der Waals surface area contributed by atoms with Gasteiger partial charge in [0.05, 0.1) is 12.7 Å². The predicted octanol–water partition coefficient (Wildman–Crippen LogP) is 5.50. The van der Waals surface area contributed by atoms with Crippen molar-refractivity contribution in [2.75, 3.05) is 7.11 Å². The fourth-order valence-corrected chi connectivity index (χ4v) is 2.18. The van der Waals surface area contributed by atoms with Gasteiger partial charge in [-0.2, -0.15) is 13.2 Å². The van der Waals surface area contributed by atoms with Crippen LogP contribution in [-0.2, 0) is 6.18 Å². The number of hydrogen-bond acceptors (Lipinski definition) is 1. The molecule has 1 nitrogen and oxygen atoms in total. The lowest BCUT2D eigenvalue weighted by atomic mass is 10.0. The second-order valence-electron chi connectivity index (χ2n) is 5.13. The Kier molecular flexibility index (Phi) is 4.59. The van der Waals surface area contributed by atoms with Gasteiger partial charge in [0.2, 0.25) is 0 Å². The number of rotatable bonds is 3. The quantitative estimate of drug-likeness (QED) is 0.680. The van der Waals surface area contributed by atoms with E-state index in [1.807, 2.05) is 32.1 Å². The van der Waals surface area contributed by atoms with E-state index >= 15 is 0 Å². The lowest BCUT2D eigenvalue weighted by Gasteiger charge is -2.09. The molecule has 0 aliphatic rings. The highest BCUT2D eigenvalue weighted by molar-refractivity contribution is 5.72. The van der Waals surface area contributed by atoms with Crippen LogP contribution in [0.1, 0.15) is 27.8 Å². The minimum atomic E-state index is -4.30. The fraction of sp³-hybridized carbons (Fsp3) is 0.222. The van der Waals surface area contributed by atoms with Crippen molar-refractivity contribution in [3.63, 3.8) is 0 Å². The van der Waals surface area contributed by atoms with Crippen molar-refractivity contribution in [1.82, 2.24) is 0 Å². The van der Waals surface area contributed by atoms with E-state index in [2.05, 4.69) is 0 Å². The van der Waals surface area contributed by atoms with Crippen LogP contribution in [0.3, 0.4) is 0 Å². The second-order valence-corrected chi connectivity index (χ2v) is 5.13. The van der Waals surface area contributed by atoms with Gasteiger partial charge in [-0.15, -0.1) is 0 Å². The average molecular weight is 306 g/mol. The summed E-state index contributed by atoms with van der Waals surface area (Å²) in [6.07, 6.45) is -0.606. The monoisotopic (exact) mass is 306 g/mol. The summed E-state index contributed by atoms with van der Waals surface area (Å²) >= 11 is 0. The Balaban J connectivity index is 2.24. The molecular weight excluding hydrogens is 289 g/mol. The van der Waals surface area contributed by atoms with Crippen molar-refractivity contribution in [3.8, 4) is 5.75 Å². The van der Waals surface area contributed by atoms with Gasteiger partial charge < -0.3 is 4.74 Å². The Morgan fingerprint density at radius 3 is 2.09 bits per heavy atom. The molecule has 0 amide bonds. The largest absolute Gasteiger partial charge is 0.496 e. The lowest BCUT2D eigenvalue weighted by Crippen LogP contribution is -2.03. The molecule has 2 rings (SSSR count). The molecular formula is C18H17F3O. The van der Waals surface area contributed by atoms with Gasteiger partial charge in [-0.1, -0.05) is 24.3 Å².